The van der Waals surface area contributed by atoms with E-state index in [-0.39, 0.29) is 12.5 Å². The van der Waals surface area contributed by atoms with Crippen LogP contribution in [0.3, 0.4) is 0 Å². The minimum Gasteiger partial charge on any atom is -0.399 e. The Morgan fingerprint density at radius 1 is 1.30 bits per heavy atom. The van der Waals surface area contributed by atoms with Crippen LogP contribution in [0.25, 0.3) is 0 Å². The molecule has 1 heterocycles. The number of anilines is 1. The van der Waals surface area contributed by atoms with Crippen LogP contribution in [0.4, 0.5) is 10.1 Å². The Balaban J connectivity index is 1.90. The zero-order valence-corrected chi connectivity index (χ0v) is 11.3. The lowest BCUT2D eigenvalue weighted by molar-refractivity contribution is 0.0765. The summed E-state index contributed by atoms with van der Waals surface area (Å²) in [5.74, 6) is -0.549. The Bertz CT molecular complexity index is 682. The summed E-state index contributed by atoms with van der Waals surface area (Å²) in [6, 6.07) is 9.73. The van der Waals surface area contributed by atoms with Crippen LogP contribution in [-0.4, -0.2) is 10.8 Å². The lowest BCUT2D eigenvalue weighted by atomic mass is 10.1. The smallest absolute Gasteiger partial charge is 0.254 e. The number of halogens is 2. The summed E-state index contributed by atoms with van der Waals surface area (Å²) in [6.45, 7) is 0.595. The van der Waals surface area contributed by atoms with E-state index in [4.69, 9.17) is 17.3 Å². The van der Waals surface area contributed by atoms with E-state index in [1.807, 2.05) is 6.07 Å². The molecule has 0 saturated heterocycles. The molecule has 0 radical (unpaired) electrons. The molecular weight excluding hydrogens is 279 g/mol. The number of nitrogen functional groups attached to an aromatic ring is 1. The van der Waals surface area contributed by atoms with Crippen molar-refractivity contribution >= 4 is 23.2 Å². The van der Waals surface area contributed by atoms with Gasteiger partial charge in [0.2, 0.25) is 0 Å². The van der Waals surface area contributed by atoms with Crippen molar-refractivity contribution < 1.29 is 9.18 Å². The van der Waals surface area contributed by atoms with E-state index in [0.717, 1.165) is 5.56 Å². The number of amides is 1. The van der Waals surface area contributed by atoms with Crippen LogP contribution in [0.5, 0.6) is 0 Å². The number of nitrogens with two attached hydrogens (primary N) is 1. The van der Waals surface area contributed by atoms with E-state index in [1.54, 1.807) is 29.2 Å². The number of fused-ring (bicyclic) bond motifs is 1. The number of carbonyl (C=O) groups is 1. The van der Waals surface area contributed by atoms with E-state index < -0.39 is 5.82 Å². The first kappa shape index (κ1) is 12.9. The first-order valence-corrected chi connectivity index (χ1v) is 6.54. The van der Waals surface area contributed by atoms with Crippen LogP contribution >= 0.6 is 11.6 Å². The highest BCUT2D eigenvalue weighted by molar-refractivity contribution is 6.31. The molecule has 0 aromatic heterocycles. The number of nitrogens with zero attached hydrogens (tertiary/aromatic N) is 1. The molecule has 0 bridgehead atoms. The average molecular weight is 291 g/mol. The quantitative estimate of drug-likeness (QED) is 0.863. The van der Waals surface area contributed by atoms with Crippen LogP contribution in [0.2, 0.25) is 5.02 Å². The third-order valence-electron chi connectivity index (χ3n) is 3.42. The normalized spacial score (nSPS) is 13.7. The fourth-order valence-corrected chi connectivity index (χ4v) is 2.60. The maximum atomic E-state index is 13.8. The number of hydrogen-bond donors (Lipinski definition) is 1. The van der Waals surface area contributed by atoms with Gasteiger partial charge in [-0.05, 0) is 29.8 Å². The van der Waals surface area contributed by atoms with Crippen molar-refractivity contribution in [2.75, 3.05) is 5.73 Å². The Kier molecular flexibility index (Phi) is 3.10. The molecule has 0 spiro atoms. The first-order valence-electron chi connectivity index (χ1n) is 6.17. The molecule has 2 aromatic rings. The van der Waals surface area contributed by atoms with Crippen molar-refractivity contribution in [2.24, 2.45) is 0 Å². The van der Waals surface area contributed by atoms with Gasteiger partial charge in [-0.3, -0.25) is 4.79 Å². The zero-order chi connectivity index (χ0) is 14.3. The first-order chi connectivity index (χ1) is 9.56. The fourth-order valence-electron chi connectivity index (χ4n) is 2.38. The van der Waals surface area contributed by atoms with Gasteiger partial charge in [0.15, 0.2) is 0 Å². The molecule has 0 aliphatic carbocycles. The zero-order valence-electron chi connectivity index (χ0n) is 10.6. The topological polar surface area (TPSA) is 46.3 Å². The number of hydrogen-bond acceptors (Lipinski definition) is 2. The summed E-state index contributed by atoms with van der Waals surface area (Å²) >= 11 is 5.99. The maximum absolute atomic E-state index is 13.8. The standard InChI is InChI=1S/C15H12ClFN2O/c16-13-2-1-3-14(17)12(13)8-19-7-9-4-5-10(18)6-11(9)15(19)20/h1-6H,7-8,18H2. The predicted molar refractivity (Wildman–Crippen MR) is 75.8 cm³/mol. The molecule has 0 fully saturated rings. The Morgan fingerprint density at radius 2 is 2.10 bits per heavy atom. The van der Waals surface area contributed by atoms with Gasteiger partial charge < -0.3 is 10.6 Å². The van der Waals surface area contributed by atoms with E-state index in [1.165, 1.54) is 6.07 Å². The van der Waals surface area contributed by atoms with Gasteiger partial charge >= 0.3 is 0 Å². The van der Waals surface area contributed by atoms with E-state index in [9.17, 15) is 9.18 Å². The van der Waals surface area contributed by atoms with Gasteiger partial charge in [0.05, 0.1) is 6.54 Å². The second kappa shape index (κ2) is 4.80. The molecule has 1 amide bonds. The Labute approximate surface area is 120 Å². The third kappa shape index (κ3) is 2.12. The van der Waals surface area contributed by atoms with Crippen LogP contribution in [-0.2, 0) is 13.1 Å². The summed E-state index contributed by atoms with van der Waals surface area (Å²) in [6.07, 6.45) is 0. The van der Waals surface area contributed by atoms with Gasteiger partial charge in [-0.15, -0.1) is 0 Å². The van der Waals surface area contributed by atoms with Crippen molar-refractivity contribution in [1.82, 2.24) is 4.90 Å². The molecule has 102 valence electrons. The highest BCUT2D eigenvalue weighted by Gasteiger charge is 2.28. The maximum Gasteiger partial charge on any atom is 0.254 e. The van der Waals surface area contributed by atoms with E-state index in [2.05, 4.69) is 0 Å². The molecule has 2 aromatic carbocycles. The monoisotopic (exact) mass is 290 g/mol. The minimum atomic E-state index is -0.402. The van der Waals surface area contributed by atoms with Gasteiger partial charge in [0, 0.05) is 28.4 Å². The molecule has 3 nitrogen and oxygen atoms in total. The molecule has 5 heteroatoms. The van der Waals surface area contributed by atoms with Gasteiger partial charge in [-0.25, -0.2) is 4.39 Å². The van der Waals surface area contributed by atoms with Crippen molar-refractivity contribution in [3.05, 3.63) is 63.9 Å². The number of carbonyl (C=O) groups excluding carboxylic acids is 1. The third-order valence-corrected chi connectivity index (χ3v) is 3.78. The van der Waals surface area contributed by atoms with Gasteiger partial charge in [-0.1, -0.05) is 23.7 Å². The molecular formula is C15H12ClFN2O. The van der Waals surface area contributed by atoms with E-state index >= 15 is 0 Å². The molecule has 0 saturated carbocycles. The highest BCUT2D eigenvalue weighted by atomic mass is 35.5. The minimum absolute atomic E-state index is 0.147. The fraction of sp³-hybridized carbons (Fsp3) is 0.133. The van der Waals surface area contributed by atoms with Crippen molar-refractivity contribution in [3.8, 4) is 0 Å². The second-order valence-corrected chi connectivity index (χ2v) is 5.19. The molecule has 2 N–H and O–H groups in total. The number of rotatable bonds is 2. The average Bonchev–Trinajstić information content (AvgIpc) is 2.71. The molecule has 3 rings (SSSR count). The largest absolute Gasteiger partial charge is 0.399 e. The molecule has 1 aliphatic heterocycles. The van der Waals surface area contributed by atoms with Crippen LogP contribution < -0.4 is 5.73 Å². The van der Waals surface area contributed by atoms with Crippen LogP contribution in [0, 0.1) is 5.82 Å². The summed E-state index contributed by atoms with van der Waals surface area (Å²) in [5.41, 5.74) is 8.05. The van der Waals surface area contributed by atoms with Crippen molar-refractivity contribution in [3.63, 3.8) is 0 Å². The van der Waals surface area contributed by atoms with Crippen molar-refractivity contribution in [1.29, 1.82) is 0 Å². The van der Waals surface area contributed by atoms with E-state index in [0.29, 0.717) is 28.4 Å². The Morgan fingerprint density at radius 3 is 2.85 bits per heavy atom. The lowest BCUT2D eigenvalue weighted by Crippen LogP contribution is -2.24. The van der Waals surface area contributed by atoms with Crippen LogP contribution in [0.1, 0.15) is 21.5 Å². The number of benzene rings is 2. The summed E-state index contributed by atoms with van der Waals surface area (Å²) in [4.78, 5) is 13.8. The molecule has 0 atom stereocenters. The molecule has 0 unspecified atom stereocenters. The van der Waals surface area contributed by atoms with Crippen molar-refractivity contribution in [2.45, 2.75) is 13.1 Å². The van der Waals surface area contributed by atoms with Crippen LogP contribution in [0.15, 0.2) is 36.4 Å². The van der Waals surface area contributed by atoms with Gasteiger partial charge in [0.1, 0.15) is 5.82 Å². The predicted octanol–water partition coefficient (Wildman–Crippen LogP) is 3.22. The molecule has 20 heavy (non-hydrogen) atoms. The van der Waals surface area contributed by atoms with Gasteiger partial charge in [0.25, 0.3) is 5.91 Å². The SMILES string of the molecule is Nc1ccc2c(c1)C(=O)N(Cc1c(F)cccc1Cl)C2. The second-order valence-electron chi connectivity index (χ2n) is 4.78. The molecule has 1 aliphatic rings. The Hall–Kier alpha value is -2.07. The summed E-state index contributed by atoms with van der Waals surface area (Å²) in [7, 11) is 0. The summed E-state index contributed by atoms with van der Waals surface area (Å²) < 4.78 is 13.8. The highest BCUT2D eigenvalue weighted by Crippen LogP contribution is 2.28. The summed E-state index contributed by atoms with van der Waals surface area (Å²) in [5, 5.41) is 0.327. The van der Waals surface area contributed by atoms with Gasteiger partial charge in [-0.2, -0.15) is 0 Å². The lowest BCUT2D eigenvalue weighted by Gasteiger charge is -2.17.